The summed E-state index contributed by atoms with van der Waals surface area (Å²) in [7, 11) is -7.36. The van der Waals surface area contributed by atoms with Crippen LogP contribution in [0.15, 0.2) is 87.7 Å². The van der Waals surface area contributed by atoms with Crippen molar-refractivity contribution in [1.29, 1.82) is 0 Å². The minimum atomic E-state index is -3.70. The highest BCUT2D eigenvalue weighted by molar-refractivity contribution is 7.92. The average Bonchev–Trinajstić information content (AvgIpc) is 3.04. The second-order valence-corrected chi connectivity index (χ2v) is 16.1. The quantitative estimate of drug-likeness (QED) is 0.314. The zero-order valence-electron chi connectivity index (χ0n) is 24.1. The molecule has 0 bridgehead atoms. The molecule has 0 radical (unpaired) electrons. The first-order chi connectivity index (χ1) is 18.8. The number of rotatable bonds is 5. The monoisotopic (exact) mass is 574 g/mol. The number of fused-ring (bicyclic) bond motifs is 2. The molecule has 0 N–H and O–H groups in total. The van der Waals surface area contributed by atoms with Crippen LogP contribution in [0.4, 0.5) is 0 Å². The fraction of sp³-hybridized carbons (Fsp3) is 0.353. The first-order valence-electron chi connectivity index (χ1n) is 13.9. The Morgan fingerprint density at radius 3 is 1.98 bits per heavy atom. The predicted molar refractivity (Wildman–Crippen MR) is 163 cm³/mol. The van der Waals surface area contributed by atoms with Crippen molar-refractivity contribution < 1.29 is 16.8 Å². The van der Waals surface area contributed by atoms with E-state index in [1.165, 1.54) is 0 Å². The van der Waals surface area contributed by atoms with Gasteiger partial charge in [-0.1, -0.05) is 85.7 Å². The average molecular weight is 575 g/mol. The van der Waals surface area contributed by atoms with Gasteiger partial charge in [-0.2, -0.15) is 0 Å². The number of sulfone groups is 2. The largest absolute Gasteiger partial charge is 0.223 e. The number of hydrogen-bond acceptors (Lipinski definition) is 4. The molecule has 40 heavy (non-hydrogen) atoms. The Hall–Kier alpha value is -2.96. The molecule has 6 heteroatoms. The minimum absolute atomic E-state index is 0.0673. The Kier molecular flexibility index (Phi) is 7.47. The van der Waals surface area contributed by atoms with Gasteiger partial charge in [-0.15, -0.1) is 0 Å². The lowest BCUT2D eigenvalue weighted by molar-refractivity contribution is 0.416. The van der Waals surface area contributed by atoms with Gasteiger partial charge < -0.3 is 0 Å². The van der Waals surface area contributed by atoms with Gasteiger partial charge in [-0.25, -0.2) is 16.8 Å². The van der Waals surface area contributed by atoms with Crippen LogP contribution in [0.5, 0.6) is 0 Å². The van der Waals surface area contributed by atoms with Crippen LogP contribution in [0.1, 0.15) is 65.3 Å². The Bertz CT molecular complexity index is 1720. The lowest BCUT2D eigenvalue weighted by Crippen LogP contribution is -2.36. The van der Waals surface area contributed by atoms with Crippen LogP contribution < -0.4 is 0 Å². The third-order valence-corrected chi connectivity index (χ3v) is 13.1. The van der Waals surface area contributed by atoms with Crippen molar-refractivity contribution >= 4 is 25.8 Å². The Labute approximate surface area is 239 Å². The summed E-state index contributed by atoms with van der Waals surface area (Å²) in [5, 5.41) is -1.38. The van der Waals surface area contributed by atoms with E-state index in [9.17, 15) is 16.8 Å². The summed E-state index contributed by atoms with van der Waals surface area (Å²) in [6, 6.07) is 18.5. The molecular weight excluding hydrogens is 537 g/mol. The molecule has 4 nitrogen and oxygen atoms in total. The van der Waals surface area contributed by atoms with Gasteiger partial charge in [0.25, 0.3) is 0 Å². The van der Waals surface area contributed by atoms with Gasteiger partial charge in [-0.05, 0) is 97.9 Å². The molecule has 0 heterocycles. The molecule has 0 fully saturated rings. The van der Waals surface area contributed by atoms with Crippen molar-refractivity contribution in [2.45, 2.75) is 74.7 Å². The maximum absolute atomic E-state index is 14.3. The van der Waals surface area contributed by atoms with Crippen LogP contribution in [0, 0.1) is 39.5 Å². The lowest BCUT2D eigenvalue weighted by atomic mass is 9.79. The van der Waals surface area contributed by atoms with Crippen LogP contribution in [0.3, 0.4) is 0 Å². The van der Waals surface area contributed by atoms with Crippen LogP contribution in [0.25, 0.3) is 6.08 Å². The number of aryl methyl sites for hydroxylation is 4. The van der Waals surface area contributed by atoms with E-state index < -0.39 is 30.2 Å². The van der Waals surface area contributed by atoms with Crippen molar-refractivity contribution in [1.82, 2.24) is 0 Å². The first kappa shape index (κ1) is 28.6. The van der Waals surface area contributed by atoms with Crippen LogP contribution in [0.2, 0.25) is 0 Å². The summed E-state index contributed by atoms with van der Waals surface area (Å²) in [5.74, 6) is -0.168. The Morgan fingerprint density at radius 2 is 1.35 bits per heavy atom. The molecule has 2 aliphatic carbocycles. The molecular formula is C34H38O4S2. The van der Waals surface area contributed by atoms with Gasteiger partial charge in [0.1, 0.15) is 0 Å². The Balaban J connectivity index is 1.65. The number of benzene rings is 3. The van der Waals surface area contributed by atoms with E-state index in [0.717, 1.165) is 44.5 Å². The van der Waals surface area contributed by atoms with Crippen LogP contribution in [-0.4, -0.2) is 22.1 Å². The van der Waals surface area contributed by atoms with E-state index in [0.29, 0.717) is 22.6 Å². The molecule has 5 rings (SSSR count). The van der Waals surface area contributed by atoms with E-state index >= 15 is 0 Å². The smallest absolute Gasteiger partial charge is 0.185 e. The second-order valence-electron chi connectivity index (χ2n) is 11.9. The highest BCUT2D eigenvalue weighted by Crippen LogP contribution is 2.47. The molecule has 3 aromatic carbocycles. The summed E-state index contributed by atoms with van der Waals surface area (Å²) in [6.07, 6.45) is 4.78. The summed E-state index contributed by atoms with van der Waals surface area (Å²) in [4.78, 5) is 0.740. The second kappa shape index (κ2) is 10.5. The highest BCUT2D eigenvalue weighted by atomic mass is 32.2. The molecule has 0 aromatic heterocycles. The van der Waals surface area contributed by atoms with Crippen molar-refractivity contribution in [2.24, 2.45) is 11.8 Å². The summed E-state index contributed by atoms with van der Waals surface area (Å²) < 4.78 is 56.8. The van der Waals surface area contributed by atoms with Crippen molar-refractivity contribution in [3.05, 3.63) is 111 Å². The third-order valence-electron chi connectivity index (χ3n) is 8.52. The maximum Gasteiger partial charge on any atom is 0.185 e. The topological polar surface area (TPSA) is 68.3 Å². The molecule has 210 valence electrons. The van der Waals surface area contributed by atoms with Gasteiger partial charge in [0.05, 0.1) is 20.3 Å². The molecule has 0 spiro atoms. The van der Waals surface area contributed by atoms with Crippen molar-refractivity contribution in [3.63, 3.8) is 0 Å². The molecule has 2 aliphatic rings. The standard InChI is InChI=1S/C34H38O4S2/c1-21(2)31-18-28-20-32(39(35,36)29-13-11-22(3)12-14-29)30-10-8-7-9-26(30)17-27(28)19-33(31)40(37,38)34-24(5)15-23(4)16-25(34)6/h7-18,21,31-33H,19-20H2,1-6H3/t31-,32?,33?/m1/s1. The van der Waals surface area contributed by atoms with Gasteiger partial charge in [0.2, 0.25) is 0 Å². The van der Waals surface area contributed by atoms with Gasteiger partial charge in [0.15, 0.2) is 19.7 Å². The molecule has 0 amide bonds. The third kappa shape index (κ3) is 5.01. The van der Waals surface area contributed by atoms with Crippen molar-refractivity contribution in [3.8, 4) is 0 Å². The summed E-state index contributed by atoms with van der Waals surface area (Å²) in [6.45, 7) is 11.8. The van der Waals surface area contributed by atoms with E-state index in [1.54, 1.807) is 12.1 Å². The maximum atomic E-state index is 14.3. The SMILES string of the molecule is Cc1ccc(S(=O)(=O)C2CC3=C[C@H](C(C)C)C(S(=O)(=O)c4c(C)cc(C)cc4C)CC3=Cc3ccccc32)cc1. The van der Waals surface area contributed by atoms with E-state index in [4.69, 9.17) is 0 Å². The Morgan fingerprint density at radius 1 is 0.725 bits per heavy atom. The zero-order chi connectivity index (χ0) is 29.0. The molecule has 3 aromatic rings. The van der Waals surface area contributed by atoms with E-state index in [2.05, 4.69) is 19.9 Å². The summed E-state index contributed by atoms with van der Waals surface area (Å²) >= 11 is 0. The van der Waals surface area contributed by atoms with Crippen LogP contribution in [-0.2, 0) is 19.7 Å². The van der Waals surface area contributed by atoms with Gasteiger partial charge >= 0.3 is 0 Å². The fourth-order valence-electron chi connectivity index (χ4n) is 6.59. The first-order valence-corrected chi connectivity index (χ1v) is 17.0. The van der Waals surface area contributed by atoms with E-state index in [-0.39, 0.29) is 11.8 Å². The van der Waals surface area contributed by atoms with Gasteiger partial charge in [-0.3, -0.25) is 0 Å². The molecule has 3 atom stereocenters. The molecule has 2 unspecified atom stereocenters. The number of hydrogen-bond donors (Lipinski definition) is 0. The zero-order valence-corrected chi connectivity index (χ0v) is 25.7. The fourth-order valence-corrected chi connectivity index (χ4v) is 10.9. The van der Waals surface area contributed by atoms with Crippen LogP contribution >= 0.6 is 0 Å². The predicted octanol–water partition coefficient (Wildman–Crippen LogP) is 7.67. The van der Waals surface area contributed by atoms with E-state index in [1.807, 2.05) is 82.3 Å². The number of allylic oxidation sites excluding steroid dienone is 3. The summed E-state index contributed by atoms with van der Waals surface area (Å²) in [5.41, 5.74) is 7.06. The molecule has 0 aliphatic heterocycles. The normalized spacial score (nSPS) is 21.2. The minimum Gasteiger partial charge on any atom is -0.223 e. The van der Waals surface area contributed by atoms with Crippen molar-refractivity contribution in [2.75, 3.05) is 0 Å². The van der Waals surface area contributed by atoms with Gasteiger partial charge in [0, 0.05) is 0 Å². The highest BCUT2D eigenvalue weighted by Gasteiger charge is 2.43. The molecule has 0 saturated heterocycles. The molecule has 0 saturated carbocycles. The lowest BCUT2D eigenvalue weighted by Gasteiger charge is -2.35.